The van der Waals surface area contributed by atoms with E-state index in [0.717, 1.165) is 47.6 Å². The monoisotopic (exact) mass is 449 g/mol. The van der Waals surface area contributed by atoms with Gasteiger partial charge in [0.25, 0.3) is 0 Å². The molecule has 2 heterocycles. The Labute approximate surface area is 183 Å². The van der Waals surface area contributed by atoms with Crippen molar-refractivity contribution >= 4 is 51.2 Å². The smallest absolute Gasteiger partial charge is 0.232 e. The van der Waals surface area contributed by atoms with Gasteiger partial charge in [-0.25, -0.2) is 4.98 Å². The van der Waals surface area contributed by atoms with Crippen molar-refractivity contribution in [3.63, 3.8) is 0 Å². The summed E-state index contributed by atoms with van der Waals surface area (Å²) in [6.07, 6.45) is 6.13. The Bertz CT molecular complexity index is 955. The Morgan fingerprint density at radius 2 is 2.00 bits per heavy atom. The first kappa shape index (κ1) is 19.5. The van der Waals surface area contributed by atoms with E-state index in [-0.39, 0.29) is 22.1 Å². The largest absolute Gasteiger partial charge is 0.351 e. The summed E-state index contributed by atoms with van der Waals surface area (Å²) in [5.74, 6) is 1.26. The molecule has 4 fully saturated rings. The molecule has 2 N–H and O–H groups in total. The molecule has 2 amide bonds. The molecule has 8 heteroatoms. The van der Waals surface area contributed by atoms with E-state index in [0.29, 0.717) is 23.5 Å². The number of hydrogen-bond donors (Lipinski definition) is 2. The summed E-state index contributed by atoms with van der Waals surface area (Å²) in [6.45, 7) is 2.04. The molecule has 2 aromatic rings. The topological polar surface area (TPSA) is 71.1 Å². The Hall–Kier alpha value is -1.44. The van der Waals surface area contributed by atoms with Gasteiger partial charge in [0, 0.05) is 22.1 Å². The van der Waals surface area contributed by atoms with Crippen molar-refractivity contribution in [1.29, 1.82) is 0 Å². The molecular weight excluding hydrogens is 426 g/mol. The number of nitrogens with zero attached hydrogens (tertiary/aromatic N) is 1. The minimum absolute atomic E-state index is 0.0398. The lowest BCUT2D eigenvalue weighted by Crippen LogP contribution is -2.57. The highest BCUT2D eigenvalue weighted by atomic mass is 35.5. The average Bonchev–Trinajstić information content (AvgIpc) is 3.27. The maximum atomic E-state index is 13.3. The van der Waals surface area contributed by atoms with Crippen LogP contribution in [-0.2, 0) is 16.1 Å². The summed E-state index contributed by atoms with van der Waals surface area (Å²) in [6, 6.07) is 4.02. The zero-order valence-corrected chi connectivity index (χ0v) is 18.7. The number of halogens is 1. The van der Waals surface area contributed by atoms with Crippen LogP contribution in [0.5, 0.6) is 0 Å². The Kier molecular flexibility index (Phi) is 4.76. The second-order valence-corrected chi connectivity index (χ2v) is 11.9. The van der Waals surface area contributed by atoms with Crippen LogP contribution in [0, 0.1) is 17.3 Å². The normalized spacial score (nSPS) is 32.3. The van der Waals surface area contributed by atoms with Crippen molar-refractivity contribution in [2.45, 2.75) is 56.9 Å². The SMILES string of the molecule is CC(=O)NCc1ccc(-c2csc(NC(=O)C34C[C@H]5C[C@@H](CC(Cl)(C5)C3)C4)n2)s1. The number of nitrogens with one attached hydrogen (secondary N) is 2. The fourth-order valence-electron chi connectivity index (χ4n) is 5.91. The lowest BCUT2D eigenvalue weighted by atomic mass is 9.49. The number of carbonyl (C=O) groups is 2. The van der Waals surface area contributed by atoms with Gasteiger partial charge in [-0.1, -0.05) is 0 Å². The first-order valence-corrected chi connectivity index (χ1v) is 12.2. The van der Waals surface area contributed by atoms with Crippen molar-refractivity contribution in [3.8, 4) is 10.6 Å². The van der Waals surface area contributed by atoms with Crippen molar-refractivity contribution in [1.82, 2.24) is 10.3 Å². The zero-order chi connectivity index (χ0) is 20.2. The molecule has 2 atom stereocenters. The molecule has 0 saturated heterocycles. The maximum absolute atomic E-state index is 13.3. The van der Waals surface area contributed by atoms with Crippen LogP contribution < -0.4 is 10.6 Å². The van der Waals surface area contributed by atoms with Gasteiger partial charge < -0.3 is 10.6 Å². The third-order valence-electron chi connectivity index (χ3n) is 6.62. The molecule has 2 aromatic heterocycles. The van der Waals surface area contributed by atoms with Crippen LogP contribution >= 0.6 is 34.3 Å². The number of hydrogen-bond acceptors (Lipinski definition) is 5. The van der Waals surface area contributed by atoms with E-state index in [1.54, 1.807) is 11.3 Å². The molecule has 4 aliphatic rings. The lowest BCUT2D eigenvalue weighted by Gasteiger charge is -2.59. The predicted molar refractivity (Wildman–Crippen MR) is 117 cm³/mol. The third kappa shape index (κ3) is 3.73. The molecule has 5 nitrogen and oxygen atoms in total. The predicted octanol–water partition coefficient (Wildman–Crippen LogP) is 5.02. The van der Waals surface area contributed by atoms with Crippen LogP contribution in [0.1, 0.15) is 50.3 Å². The van der Waals surface area contributed by atoms with E-state index in [9.17, 15) is 9.59 Å². The van der Waals surface area contributed by atoms with Gasteiger partial charge in [0.1, 0.15) is 0 Å². The highest BCUT2D eigenvalue weighted by Gasteiger charge is 2.60. The highest BCUT2D eigenvalue weighted by molar-refractivity contribution is 7.17. The number of aromatic nitrogens is 1. The van der Waals surface area contributed by atoms with Crippen LogP contribution in [-0.4, -0.2) is 21.7 Å². The fraction of sp³-hybridized carbons (Fsp3) is 0.571. The molecule has 4 saturated carbocycles. The van der Waals surface area contributed by atoms with Gasteiger partial charge in [-0.3, -0.25) is 9.59 Å². The molecule has 0 aliphatic heterocycles. The summed E-state index contributed by atoms with van der Waals surface area (Å²) < 4.78 is 0. The van der Waals surface area contributed by atoms with E-state index >= 15 is 0 Å². The summed E-state index contributed by atoms with van der Waals surface area (Å²) in [5, 5.41) is 8.55. The molecule has 0 radical (unpaired) electrons. The summed E-state index contributed by atoms with van der Waals surface area (Å²) in [7, 11) is 0. The fourth-order valence-corrected chi connectivity index (χ4v) is 8.29. The Morgan fingerprint density at radius 3 is 2.69 bits per heavy atom. The second kappa shape index (κ2) is 7.06. The molecule has 0 unspecified atom stereocenters. The van der Waals surface area contributed by atoms with E-state index in [4.69, 9.17) is 11.6 Å². The van der Waals surface area contributed by atoms with Gasteiger partial charge in [-0.05, 0) is 62.5 Å². The molecule has 29 heavy (non-hydrogen) atoms. The summed E-state index contributed by atoms with van der Waals surface area (Å²) in [5.41, 5.74) is 0.551. The molecule has 154 valence electrons. The number of amides is 2. The van der Waals surface area contributed by atoms with Crippen LogP contribution in [0.3, 0.4) is 0 Å². The van der Waals surface area contributed by atoms with Crippen molar-refractivity contribution in [2.75, 3.05) is 5.32 Å². The van der Waals surface area contributed by atoms with Crippen LogP contribution in [0.15, 0.2) is 17.5 Å². The molecular formula is C21H24ClN3O2S2. The number of thiophene rings is 1. The third-order valence-corrected chi connectivity index (χ3v) is 8.93. The second-order valence-electron chi connectivity index (χ2n) is 9.06. The first-order chi connectivity index (χ1) is 13.8. The molecule has 0 spiro atoms. The summed E-state index contributed by atoms with van der Waals surface area (Å²) >= 11 is 9.95. The van der Waals surface area contributed by atoms with Gasteiger partial charge in [-0.2, -0.15) is 0 Å². The van der Waals surface area contributed by atoms with Gasteiger partial charge >= 0.3 is 0 Å². The van der Waals surface area contributed by atoms with E-state index in [1.807, 2.05) is 17.5 Å². The molecule has 4 bridgehead atoms. The Morgan fingerprint density at radius 1 is 1.24 bits per heavy atom. The molecule has 4 aliphatic carbocycles. The van der Waals surface area contributed by atoms with E-state index < -0.39 is 0 Å². The number of thiazole rings is 1. The molecule has 0 aromatic carbocycles. The molecule has 6 rings (SSSR count). The number of anilines is 1. The van der Waals surface area contributed by atoms with Gasteiger partial charge in [0.2, 0.25) is 11.8 Å². The minimum Gasteiger partial charge on any atom is -0.351 e. The summed E-state index contributed by atoms with van der Waals surface area (Å²) in [4.78, 5) is 30.9. The maximum Gasteiger partial charge on any atom is 0.232 e. The minimum atomic E-state index is -0.313. The van der Waals surface area contributed by atoms with E-state index in [2.05, 4.69) is 15.6 Å². The Balaban J connectivity index is 1.28. The quantitative estimate of drug-likeness (QED) is 0.629. The number of carbonyl (C=O) groups excluding carboxylic acids is 2. The van der Waals surface area contributed by atoms with Gasteiger partial charge in [0.15, 0.2) is 5.13 Å². The van der Waals surface area contributed by atoms with Crippen molar-refractivity contribution in [3.05, 3.63) is 22.4 Å². The van der Waals surface area contributed by atoms with E-state index in [1.165, 1.54) is 24.7 Å². The van der Waals surface area contributed by atoms with Crippen LogP contribution in [0.4, 0.5) is 5.13 Å². The number of rotatable bonds is 5. The van der Waals surface area contributed by atoms with Crippen molar-refractivity contribution < 1.29 is 9.59 Å². The van der Waals surface area contributed by atoms with Crippen LogP contribution in [0.25, 0.3) is 10.6 Å². The zero-order valence-electron chi connectivity index (χ0n) is 16.3. The van der Waals surface area contributed by atoms with Crippen LogP contribution in [0.2, 0.25) is 0 Å². The highest BCUT2D eigenvalue weighted by Crippen LogP contribution is 2.64. The average molecular weight is 450 g/mol. The number of alkyl halides is 1. The first-order valence-electron chi connectivity index (χ1n) is 10.1. The van der Waals surface area contributed by atoms with Gasteiger partial charge in [-0.15, -0.1) is 34.3 Å². The van der Waals surface area contributed by atoms with Crippen molar-refractivity contribution in [2.24, 2.45) is 17.3 Å². The van der Waals surface area contributed by atoms with Gasteiger partial charge in [0.05, 0.1) is 22.5 Å². The lowest BCUT2D eigenvalue weighted by molar-refractivity contribution is -0.138. The standard InChI is InChI=1S/C21H24ClN3O2S2/c1-12(26)23-9-15-2-3-17(29-15)16-10-28-19(24-16)25-18(27)20-5-13-4-14(6-20)8-21(22,7-13)11-20/h2-3,10,13-14H,4-9,11H2,1H3,(H,23,26)(H,24,25,27)/t13-,14-,20?,21?/m1/s1.